The molecule has 2 aromatic carbocycles. The fourth-order valence-electron chi connectivity index (χ4n) is 1.76. The van der Waals surface area contributed by atoms with Crippen molar-refractivity contribution in [2.45, 2.75) is 6.42 Å². The molecule has 0 aliphatic carbocycles. The van der Waals surface area contributed by atoms with Crippen molar-refractivity contribution in [3.63, 3.8) is 0 Å². The first kappa shape index (κ1) is 14.7. The van der Waals surface area contributed by atoms with Gasteiger partial charge in [0.1, 0.15) is 5.82 Å². The molecule has 20 heavy (non-hydrogen) atoms. The number of carbonyl (C=O) groups excluding carboxylic acids is 1. The summed E-state index contributed by atoms with van der Waals surface area (Å²) in [5.74, 6) is -0.859. The van der Waals surface area contributed by atoms with E-state index in [1.165, 1.54) is 12.1 Å². The standard InChI is InChI=1S/C15H13BrFNO2/c16-14-12(2-1-3-13(14)17)15(20)18-11-6-4-10(5-7-11)8-9-19/h1-7,19H,8-9H2,(H,18,20). The number of carbonyl (C=O) groups is 1. The number of hydrogen-bond acceptors (Lipinski definition) is 2. The van der Waals surface area contributed by atoms with Gasteiger partial charge in [-0.1, -0.05) is 18.2 Å². The van der Waals surface area contributed by atoms with Crippen LogP contribution in [0, 0.1) is 5.82 Å². The monoisotopic (exact) mass is 337 g/mol. The van der Waals surface area contributed by atoms with Crippen molar-refractivity contribution in [3.8, 4) is 0 Å². The van der Waals surface area contributed by atoms with Crippen molar-refractivity contribution in [1.82, 2.24) is 0 Å². The number of halogens is 2. The molecule has 104 valence electrons. The lowest BCUT2D eigenvalue weighted by Crippen LogP contribution is -2.13. The van der Waals surface area contributed by atoms with Crippen LogP contribution in [0.15, 0.2) is 46.9 Å². The molecule has 2 rings (SSSR count). The summed E-state index contributed by atoms with van der Waals surface area (Å²) in [7, 11) is 0. The van der Waals surface area contributed by atoms with E-state index in [2.05, 4.69) is 21.2 Å². The number of aliphatic hydroxyl groups excluding tert-OH is 1. The minimum Gasteiger partial charge on any atom is -0.396 e. The maximum atomic E-state index is 13.4. The molecule has 3 nitrogen and oxygen atoms in total. The molecule has 0 fully saturated rings. The van der Waals surface area contributed by atoms with Crippen molar-refractivity contribution < 1.29 is 14.3 Å². The van der Waals surface area contributed by atoms with Crippen LogP contribution in [-0.4, -0.2) is 17.6 Å². The Kier molecular flexibility index (Phi) is 4.87. The van der Waals surface area contributed by atoms with Gasteiger partial charge in [-0.2, -0.15) is 0 Å². The van der Waals surface area contributed by atoms with Crippen LogP contribution < -0.4 is 5.32 Å². The second kappa shape index (κ2) is 6.63. The largest absolute Gasteiger partial charge is 0.396 e. The van der Waals surface area contributed by atoms with E-state index in [9.17, 15) is 9.18 Å². The third-order valence-corrected chi connectivity index (χ3v) is 3.61. The lowest BCUT2D eigenvalue weighted by molar-refractivity contribution is 0.102. The molecule has 0 saturated heterocycles. The van der Waals surface area contributed by atoms with Gasteiger partial charge in [0.2, 0.25) is 0 Å². The van der Waals surface area contributed by atoms with E-state index >= 15 is 0 Å². The molecule has 0 radical (unpaired) electrons. The summed E-state index contributed by atoms with van der Waals surface area (Å²) in [6.07, 6.45) is 0.573. The Balaban J connectivity index is 2.13. The average molecular weight is 338 g/mol. The molecule has 2 N–H and O–H groups in total. The lowest BCUT2D eigenvalue weighted by Gasteiger charge is -2.08. The summed E-state index contributed by atoms with van der Waals surface area (Å²) in [6, 6.07) is 11.5. The maximum absolute atomic E-state index is 13.4. The summed E-state index contributed by atoms with van der Waals surface area (Å²) in [6.45, 7) is 0.0853. The number of amides is 1. The molecule has 1 amide bonds. The minimum atomic E-state index is -0.476. The number of anilines is 1. The van der Waals surface area contributed by atoms with Gasteiger partial charge in [-0.3, -0.25) is 4.79 Å². The first-order valence-corrected chi connectivity index (χ1v) is 6.86. The molecule has 5 heteroatoms. The summed E-state index contributed by atoms with van der Waals surface area (Å²) in [5, 5.41) is 11.5. The number of nitrogens with one attached hydrogen (secondary N) is 1. The van der Waals surface area contributed by atoms with E-state index in [0.717, 1.165) is 5.56 Å². The Morgan fingerprint density at radius 1 is 1.20 bits per heavy atom. The third kappa shape index (κ3) is 3.43. The van der Waals surface area contributed by atoms with Crippen LogP contribution in [0.4, 0.5) is 10.1 Å². The van der Waals surface area contributed by atoms with Crippen LogP contribution in [-0.2, 0) is 6.42 Å². The Morgan fingerprint density at radius 2 is 1.90 bits per heavy atom. The van der Waals surface area contributed by atoms with Gasteiger partial charge in [0, 0.05) is 12.3 Å². The number of aliphatic hydroxyl groups is 1. The molecular formula is C15H13BrFNO2. The molecule has 0 spiro atoms. The second-order valence-electron chi connectivity index (χ2n) is 4.23. The van der Waals surface area contributed by atoms with Crippen LogP contribution in [0.5, 0.6) is 0 Å². The molecule has 0 aliphatic heterocycles. The van der Waals surface area contributed by atoms with Crippen molar-refractivity contribution in [3.05, 3.63) is 63.9 Å². The lowest BCUT2D eigenvalue weighted by atomic mass is 10.1. The van der Waals surface area contributed by atoms with Gasteiger partial charge in [0.25, 0.3) is 5.91 Å². The van der Waals surface area contributed by atoms with E-state index in [0.29, 0.717) is 12.1 Å². The summed E-state index contributed by atoms with van der Waals surface area (Å²) in [5.41, 5.74) is 1.84. The Morgan fingerprint density at radius 3 is 2.55 bits per heavy atom. The van der Waals surface area contributed by atoms with E-state index in [-0.39, 0.29) is 22.6 Å². The number of rotatable bonds is 4. The van der Waals surface area contributed by atoms with Crippen molar-refractivity contribution >= 4 is 27.5 Å². The van der Waals surface area contributed by atoms with Gasteiger partial charge in [0.15, 0.2) is 0 Å². The van der Waals surface area contributed by atoms with E-state index in [1.54, 1.807) is 18.2 Å². The summed E-state index contributed by atoms with van der Waals surface area (Å²) >= 11 is 3.06. The third-order valence-electron chi connectivity index (χ3n) is 2.81. The first-order chi connectivity index (χ1) is 9.61. The molecule has 0 atom stereocenters. The van der Waals surface area contributed by atoms with Gasteiger partial charge < -0.3 is 10.4 Å². The van der Waals surface area contributed by atoms with Crippen molar-refractivity contribution in [2.24, 2.45) is 0 Å². The smallest absolute Gasteiger partial charge is 0.256 e. The van der Waals surface area contributed by atoms with Crippen LogP contribution >= 0.6 is 15.9 Å². The fourth-order valence-corrected chi connectivity index (χ4v) is 2.21. The Labute approximate surface area is 124 Å². The number of benzene rings is 2. The van der Waals surface area contributed by atoms with Crippen LogP contribution in [0.3, 0.4) is 0 Å². The van der Waals surface area contributed by atoms with Crippen molar-refractivity contribution in [1.29, 1.82) is 0 Å². The molecule has 0 unspecified atom stereocenters. The highest BCUT2D eigenvalue weighted by Gasteiger charge is 2.13. The van der Waals surface area contributed by atoms with Gasteiger partial charge in [-0.15, -0.1) is 0 Å². The first-order valence-electron chi connectivity index (χ1n) is 6.07. The SMILES string of the molecule is O=C(Nc1ccc(CCO)cc1)c1cccc(F)c1Br. The Hall–Kier alpha value is -1.72. The highest BCUT2D eigenvalue weighted by Crippen LogP contribution is 2.21. The maximum Gasteiger partial charge on any atom is 0.256 e. The zero-order valence-corrected chi connectivity index (χ0v) is 12.2. The molecule has 0 aliphatic rings. The fraction of sp³-hybridized carbons (Fsp3) is 0.133. The molecule has 0 heterocycles. The van der Waals surface area contributed by atoms with E-state index < -0.39 is 5.82 Å². The van der Waals surface area contributed by atoms with Gasteiger partial charge >= 0.3 is 0 Å². The van der Waals surface area contributed by atoms with Crippen molar-refractivity contribution in [2.75, 3.05) is 11.9 Å². The minimum absolute atomic E-state index is 0.0853. The van der Waals surface area contributed by atoms with E-state index in [1.807, 2.05) is 12.1 Å². The zero-order valence-electron chi connectivity index (χ0n) is 10.6. The zero-order chi connectivity index (χ0) is 14.5. The van der Waals surface area contributed by atoms with Crippen LogP contribution in [0.2, 0.25) is 0 Å². The second-order valence-corrected chi connectivity index (χ2v) is 5.02. The Bertz CT molecular complexity index is 614. The summed E-state index contributed by atoms with van der Waals surface area (Å²) in [4.78, 5) is 12.0. The highest BCUT2D eigenvalue weighted by molar-refractivity contribution is 9.10. The van der Waals surface area contributed by atoms with Gasteiger partial charge in [-0.05, 0) is 52.2 Å². The van der Waals surface area contributed by atoms with Gasteiger partial charge in [0.05, 0.1) is 10.0 Å². The van der Waals surface area contributed by atoms with Crippen LogP contribution in [0.1, 0.15) is 15.9 Å². The topological polar surface area (TPSA) is 49.3 Å². The quantitative estimate of drug-likeness (QED) is 0.898. The molecular weight excluding hydrogens is 325 g/mol. The molecule has 2 aromatic rings. The molecule has 0 aromatic heterocycles. The molecule has 0 bridgehead atoms. The highest BCUT2D eigenvalue weighted by atomic mass is 79.9. The normalized spacial score (nSPS) is 10.3. The molecule has 0 saturated carbocycles. The number of hydrogen-bond donors (Lipinski definition) is 2. The average Bonchev–Trinajstić information content (AvgIpc) is 2.44. The van der Waals surface area contributed by atoms with E-state index in [4.69, 9.17) is 5.11 Å². The van der Waals surface area contributed by atoms with Gasteiger partial charge in [-0.25, -0.2) is 4.39 Å². The van der Waals surface area contributed by atoms with Crippen LogP contribution in [0.25, 0.3) is 0 Å². The summed E-state index contributed by atoms with van der Waals surface area (Å²) < 4.78 is 13.5. The predicted molar refractivity (Wildman–Crippen MR) is 79.3 cm³/mol. The predicted octanol–water partition coefficient (Wildman–Crippen LogP) is 3.38.